The second-order valence-corrected chi connectivity index (χ2v) is 3.82. The molecule has 16 heavy (non-hydrogen) atoms. The molecule has 0 spiro atoms. The van der Waals surface area contributed by atoms with Gasteiger partial charge in [-0.05, 0) is 12.3 Å². The lowest BCUT2D eigenvalue weighted by Gasteiger charge is -2.14. The Hall–Kier alpha value is -1.63. The molecule has 2 unspecified atom stereocenters. The van der Waals surface area contributed by atoms with E-state index < -0.39 is 23.9 Å². The molecule has 2 aliphatic rings. The van der Waals surface area contributed by atoms with Crippen LogP contribution in [0.15, 0.2) is 0 Å². The molecule has 7 nitrogen and oxygen atoms in total. The SMILES string of the molecule is O=C(O)ON1C(=O)CC(C2CCOC2)C1=O. The summed E-state index contributed by atoms with van der Waals surface area (Å²) in [5.74, 6) is -1.71. The van der Waals surface area contributed by atoms with Gasteiger partial charge < -0.3 is 9.84 Å². The Morgan fingerprint density at radius 3 is 2.81 bits per heavy atom. The van der Waals surface area contributed by atoms with Crippen molar-refractivity contribution >= 4 is 18.0 Å². The highest BCUT2D eigenvalue weighted by atomic mass is 16.8. The van der Waals surface area contributed by atoms with E-state index in [1.807, 2.05) is 0 Å². The van der Waals surface area contributed by atoms with Gasteiger partial charge in [0.05, 0.1) is 12.5 Å². The van der Waals surface area contributed by atoms with Gasteiger partial charge in [-0.1, -0.05) is 5.06 Å². The number of hydrogen-bond donors (Lipinski definition) is 1. The van der Waals surface area contributed by atoms with E-state index in [1.165, 1.54) is 0 Å². The molecule has 2 heterocycles. The standard InChI is InChI=1S/C9H11NO6/c11-7-3-6(5-1-2-15-4-5)8(12)10(7)16-9(13)14/h5-6H,1-4H2,(H,13,14). The average Bonchev–Trinajstić information content (AvgIpc) is 2.80. The molecule has 0 aliphatic carbocycles. The van der Waals surface area contributed by atoms with Crippen LogP contribution in [0.3, 0.4) is 0 Å². The van der Waals surface area contributed by atoms with Crippen LogP contribution in [0.5, 0.6) is 0 Å². The van der Waals surface area contributed by atoms with Crippen LogP contribution in [0.2, 0.25) is 0 Å². The fourth-order valence-electron chi connectivity index (χ4n) is 2.04. The Morgan fingerprint density at radius 1 is 1.50 bits per heavy atom. The number of carboxylic acid groups (broad SMARTS) is 1. The van der Waals surface area contributed by atoms with E-state index in [0.29, 0.717) is 24.7 Å². The van der Waals surface area contributed by atoms with Crippen molar-refractivity contribution in [1.29, 1.82) is 0 Å². The summed E-state index contributed by atoms with van der Waals surface area (Å²) in [4.78, 5) is 37.5. The lowest BCUT2D eigenvalue weighted by molar-refractivity contribution is -0.177. The van der Waals surface area contributed by atoms with Gasteiger partial charge in [0.25, 0.3) is 11.8 Å². The number of carbonyl (C=O) groups excluding carboxylic acids is 2. The molecule has 2 saturated heterocycles. The van der Waals surface area contributed by atoms with Crippen LogP contribution in [0.1, 0.15) is 12.8 Å². The molecule has 2 amide bonds. The maximum atomic E-state index is 11.7. The number of imide groups is 1. The van der Waals surface area contributed by atoms with Crippen molar-refractivity contribution in [3.63, 3.8) is 0 Å². The van der Waals surface area contributed by atoms with Gasteiger partial charge in [0.1, 0.15) is 0 Å². The van der Waals surface area contributed by atoms with Crippen LogP contribution < -0.4 is 0 Å². The predicted molar refractivity (Wildman–Crippen MR) is 48.0 cm³/mol. The maximum Gasteiger partial charge on any atom is 0.531 e. The van der Waals surface area contributed by atoms with Gasteiger partial charge in [-0.2, -0.15) is 0 Å². The van der Waals surface area contributed by atoms with Crippen molar-refractivity contribution in [2.24, 2.45) is 11.8 Å². The molecule has 0 saturated carbocycles. The highest BCUT2D eigenvalue weighted by Crippen LogP contribution is 2.31. The van der Waals surface area contributed by atoms with Crippen LogP contribution in [0, 0.1) is 11.8 Å². The molecule has 2 fully saturated rings. The van der Waals surface area contributed by atoms with Gasteiger partial charge in [-0.15, -0.1) is 0 Å². The molecule has 2 atom stereocenters. The third-order valence-corrected chi connectivity index (χ3v) is 2.84. The highest BCUT2D eigenvalue weighted by molar-refractivity contribution is 6.03. The van der Waals surface area contributed by atoms with E-state index in [0.717, 1.165) is 0 Å². The molecule has 2 aliphatic heterocycles. The first-order chi connectivity index (χ1) is 7.59. The summed E-state index contributed by atoms with van der Waals surface area (Å²) in [5, 5.41) is 8.71. The Kier molecular flexibility index (Phi) is 2.78. The number of nitrogens with zero attached hydrogens (tertiary/aromatic N) is 1. The number of rotatable bonds is 2. The molecule has 0 aromatic carbocycles. The lowest BCUT2D eigenvalue weighted by atomic mass is 9.90. The molecular formula is C9H11NO6. The number of hydrogen-bond acceptors (Lipinski definition) is 5. The second kappa shape index (κ2) is 4.09. The quantitative estimate of drug-likeness (QED) is 0.670. The molecule has 1 N–H and O–H groups in total. The Balaban J connectivity index is 2.06. The first-order valence-corrected chi connectivity index (χ1v) is 4.95. The summed E-state index contributed by atoms with van der Waals surface area (Å²) in [5.41, 5.74) is 0. The zero-order chi connectivity index (χ0) is 11.7. The van der Waals surface area contributed by atoms with Gasteiger partial charge in [0, 0.05) is 13.0 Å². The molecule has 2 rings (SSSR count). The minimum atomic E-state index is -1.66. The van der Waals surface area contributed by atoms with Crippen LogP contribution in [-0.2, 0) is 19.2 Å². The summed E-state index contributed by atoms with van der Waals surface area (Å²) in [6.45, 7) is 1.01. The third-order valence-electron chi connectivity index (χ3n) is 2.84. The van der Waals surface area contributed by atoms with Crippen LogP contribution in [-0.4, -0.2) is 41.4 Å². The fourth-order valence-corrected chi connectivity index (χ4v) is 2.04. The van der Waals surface area contributed by atoms with Gasteiger partial charge in [0.2, 0.25) is 0 Å². The zero-order valence-corrected chi connectivity index (χ0v) is 8.42. The number of carbonyl (C=O) groups is 3. The normalized spacial score (nSPS) is 29.9. The highest BCUT2D eigenvalue weighted by Gasteiger charge is 2.46. The van der Waals surface area contributed by atoms with Gasteiger partial charge in [-0.25, -0.2) is 4.79 Å². The van der Waals surface area contributed by atoms with Gasteiger partial charge >= 0.3 is 6.16 Å². The molecule has 0 aromatic heterocycles. The molecule has 0 radical (unpaired) electrons. The van der Waals surface area contributed by atoms with E-state index in [-0.39, 0.29) is 12.3 Å². The van der Waals surface area contributed by atoms with Crippen molar-refractivity contribution in [2.45, 2.75) is 12.8 Å². The summed E-state index contributed by atoms with van der Waals surface area (Å²) in [6, 6.07) is 0. The number of ether oxygens (including phenoxy) is 1. The molecule has 0 aromatic rings. The average molecular weight is 229 g/mol. The minimum Gasteiger partial charge on any atom is -0.448 e. The zero-order valence-electron chi connectivity index (χ0n) is 8.42. The maximum absolute atomic E-state index is 11.7. The third kappa shape index (κ3) is 1.85. The minimum absolute atomic E-state index is 0.000139. The first kappa shape index (κ1) is 10.9. The van der Waals surface area contributed by atoms with Crippen molar-refractivity contribution in [3.8, 4) is 0 Å². The van der Waals surface area contributed by atoms with Crippen molar-refractivity contribution in [3.05, 3.63) is 0 Å². The number of amides is 2. The molecule has 7 heteroatoms. The van der Waals surface area contributed by atoms with Crippen molar-refractivity contribution < 1.29 is 29.1 Å². The summed E-state index contributed by atoms with van der Waals surface area (Å²) in [6.07, 6.45) is -0.949. The van der Waals surface area contributed by atoms with Crippen LogP contribution in [0.4, 0.5) is 4.79 Å². The molecule has 88 valence electrons. The first-order valence-electron chi connectivity index (χ1n) is 4.95. The molecular weight excluding hydrogens is 218 g/mol. The topological polar surface area (TPSA) is 93.1 Å². The van der Waals surface area contributed by atoms with E-state index in [9.17, 15) is 14.4 Å². The Labute approximate surface area is 90.9 Å². The smallest absolute Gasteiger partial charge is 0.448 e. The lowest BCUT2D eigenvalue weighted by Crippen LogP contribution is -2.34. The number of hydroxylamine groups is 2. The summed E-state index contributed by atoms with van der Waals surface area (Å²) >= 11 is 0. The van der Waals surface area contributed by atoms with Crippen LogP contribution in [0.25, 0.3) is 0 Å². The Bertz CT molecular complexity index is 335. The largest absolute Gasteiger partial charge is 0.531 e. The second-order valence-electron chi connectivity index (χ2n) is 3.82. The van der Waals surface area contributed by atoms with Crippen LogP contribution >= 0.6 is 0 Å². The van der Waals surface area contributed by atoms with Crippen molar-refractivity contribution in [2.75, 3.05) is 13.2 Å². The summed E-state index contributed by atoms with van der Waals surface area (Å²) < 4.78 is 5.13. The van der Waals surface area contributed by atoms with Gasteiger partial charge in [0.15, 0.2) is 0 Å². The summed E-state index contributed by atoms with van der Waals surface area (Å²) in [7, 11) is 0. The van der Waals surface area contributed by atoms with E-state index in [1.54, 1.807) is 0 Å². The predicted octanol–water partition coefficient (Wildman–Crippen LogP) is 0.00760. The monoisotopic (exact) mass is 229 g/mol. The van der Waals surface area contributed by atoms with E-state index in [2.05, 4.69) is 4.84 Å². The fraction of sp³-hybridized carbons (Fsp3) is 0.667. The molecule has 0 bridgehead atoms. The van der Waals surface area contributed by atoms with E-state index in [4.69, 9.17) is 9.84 Å². The van der Waals surface area contributed by atoms with Gasteiger partial charge in [-0.3, -0.25) is 14.4 Å². The van der Waals surface area contributed by atoms with Crippen molar-refractivity contribution in [1.82, 2.24) is 5.06 Å². The Morgan fingerprint density at radius 2 is 2.25 bits per heavy atom. The van der Waals surface area contributed by atoms with E-state index >= 15 is 0 Å².